The van der Waals surface area contributed by atoms with Gasteiger partial charge in [0.1, 0.15) is 11.5 Å². The Bertz CT molecular complexity index is 868. The highest BCUT2D eigenvalue weighted by Gasteiger charge is 2.24. The molecule has 2 aromatic rings. The third-order valence-electron chi connectivity index (χ3n) is 5.58. The Morgan fingerprint density at radius 1 is 1.29 bits per heavy atom. The summed E-state index contributed by atoms with van der Waals surface area (Å²) >= 11 is 1.39. The van der Waals surface area contributed by atoms with Gasteiger partial charge in [0.05, 0.1) is 12.9 Å². The maximum absolute atomic E-state index is 12.5. The van der Waals surface area contributed by atoms with Crippen LogP contribution in [0.2, 0.25) is 0 Å². The number of rotatable bonds is 10. The Morgan fingerprint density at radius 2 is 2.00 bits per heavy atom. The van der Waals surface area contributed by atoms with Crippen LogP contribution < -0.4 is 14.8 Å². The van der Waals surface area contributed by atoms with Crippen LogP contribution in [0.25, 0.3) is 0 Å². The zero-order chi connectivity index (χ0) is 22.2. The van der Waals surface area contributed by atoms with Crippen LogP contribution in [0.15, 0.2) is 42.1 Å². The number of nitrogens with zero attached hydrogens (tertiary/aromatic N) is 3. The summed E-state index contributed by atoms with van der Waals surface area (Å²) < 4.78 is 13.2. The van der Waals surface area contributed by atoms with Crippen LogP contribution in [0.5, 0.6) is 11.5 Å². The first-order chi connectivity index (χ1) is 15.0. The lowest BCUT2D eigenvalue weighted by Crippen LogP contribution is -2.41. The lowest BCUT2D eigenvalue weighted by atomic mass is 9.86. The summed E-state index contributed by atoms with van der Waals surface area (Å²) in [6.45, 7) is 8.53. The van der Waals surface area contributed by atoms with Crippen LogP contribution in [0, 0.1) is 5.92 Å². The van der Waals surface area contributed by atoms with Gasteiger partial charge >= 0.3 is 0 Å². The molecular formula is C23H32N4O3S. The van der Waals surface area contributed by atoms with E-state index in [1.165, 1.54) is 31.0 Å². The van der Waals surface area contributed by atoms with Crippen molar-refractivity contribution >= 4 is 17.7 Å². The second-order valence-electron chi connectivity index (χ2n) is 7.90. The molecule has 1 aliphatic rings. The predicted octanol–water partition coefficient (Wildman–Crippen LogP) is 4.40. The van der Waals surface area contributed by atoms with Crippen LogP contribution in [0.1, 0.15) is 51.5 Å². The van der Waals surface area contributed by atoms with Crippen molar-refractivity contribution < 1.29 is 14.3 Å². The van der Waals surface area contributed by atoms with Gasteiger partial charge in [-0.1, -0.05) is 37.6 Å². The van der Waals surface area contributed by atoms with Gasteiger partial charge in [-0.25, -0.2) is 0 Å². The first kappa shape index (κ1) is 23.2. The van der Waals surface area contributed by atoms with Crippen molar-refractivity contribution in [3.05, 3.63) is 42.7 Å². The van der Waals surface area contributed by atoms with E-state index in [1.807, 2.05) is 35.8 Å². The van der Waals surface area contributed by atoms with Gasteiger partial charge in [-0.3, -0.25) is 9.36 Å². The molecule has 1 fully saturated rings. The van der Waals surface area contributed by atoms with E-state index >= 15 is 0 Å². The maximum Gasteiger partial charge on any atom is 0.230 e. The fourth-order valence-corrected chi connectivity index (χ4v) is 4.59. The fraction of sp³-hybridized carbons (Fsp3) is 0.522. The minimum Gasteiger partial charge on any atom is -0.497 e. The number of allylic oxidation sites excluding steroid dienone is 1. The highest BCUT2D eigenvalue weighted by Crippen LogP contribution is 2.27. The van der Waals surface area contributed by atoms with Crippen molar-refractivity contribution in [3.8, 4) is 11.5 Å². The fourth-order valence-electron chi connectivity index (χ4n) is 3.83. The van der Waals surface area contributed by atoms with Crippen molar-refractivity contribution in [1.82, 2.24) is 20.1 Å². The Morgan fingerprint density at radius 3 is 2.68 bits per heavy atom. The Kier molecular flexibility index (Phi) is 8.40. The van der Waals surface area contributed by atoms with E-state index in [9.17, 15) is 4.79 Å². The van der Waals surface area contributed by atoms with Crippen LogP contribution in [0.3, 0.4) is 0 Å². The summed E-state index contributed by atoms with van der Waals surface area (Å²) in [6.07, 6.45) is 6.17. The monoisotopic (exact) mass is 444 g/mol. The highest BCUT2D eigenvalue weighted by molar-refractivity contribution is 7.99. The van der Waals surface area contributed by atoms with Crippen LogP contribution in [0.4, 0.5) is 0 Å². The summed E-state index contributed by atoms with van der Waals surface area (Å²) in [4.78, 5) is 12.5. The molecule has 31 heavy (non-hydrogen) atoms. The molecule has 0 bridgehead atoms. The van der Waals surface area contributed by atoms with Crippen molar-refractivity contribution in [1.29, 1.82) is 0 Å². The van der Waals surface area contributed by atoms with Gasteiger partial charge in [0.2, 0.25) is 5.91 Å². The Labute approximate surface area is 188 Å². The smallest absolute Gasteiger partial charge is 0.230 e. The molecule has 0 saturated heterocycles. The predicted molar refractivity (Wildman–Crippen MR) is 123 cm³/mol. The summed E-state index contributed by atoms with van der Waals surface area (Å²) in [5.74, 6) is 3.08. The van der Waals surface area contributed by atoms with Gasteiger partial charge in [-0.2, -0.15) is 0 Å². The maximum atomic E-state index is 12.5. The number of thioether (sulfide) groups is 1. The molecule has 1 aliphatic carbocycles. The molecule has 3 atom stereocenters. The number of hydrogen-bond donors (Lipinski definition) is 1. The second-order valence-corrected chi connectivity index (χ2v) is 8.84. The molecule has 3 unspecified atom stereocenters. The number of aromatic nitrogens is 3. The van der Waals surface area contributed by atoms with Crippen molar-refractivity contribution in [3.63, 3.8) is 0 Å². The van der Waals surface area contributed by atoms with Gasteiger partial charge in [-0.05, 0) is 49.9 Å². The molecule has 0 aliphatic heterocycles. The average molecular weight is 445 g/mol. The molecule has 0 spiro atoms. The lowest BCUT2D eigenvalue weighted by Gasteiger charge is -2.29. The number of carbonyl (C=O) groups excluding carboxylic acids is 1. The molecule has 3 rings (SSSR count). The first-order valence-corrected chi connectivity index (χ1v) is 11.8. The Balaban J connectivity index is 1.62. The molecule has 0 radical (unpaired) electrons. The number of hydrogen-bond acceptors (Lipinski definition) is 6. The third-order valence-corrected chi connectivity index (χ3v) is 6.55. The summed E-state index contributed by atoms with van der Waals surface area (Å²) in [7, 11) is 1.63. The van der Waals surface area contributed by atoms with Crippen LogP contribution >= 0.6 is 11.8 Å². The summed E-state index contributed by atoms with van der Waals surface area (Å²) in [5.41, 5.74) is 0. The minimum absolute atomic E-state index is 0.0426. The molecule has 1 amide bonds. The van der Waals surface area contributed by atoms with Crippen molar-refractivity contribution in [2.75, 3.05) is 12.9 Å². The largest absolute Gasteiger partial charge is 0.497 e. The zero-order valence-corrected chi connectivity index (χ0v) is 19.4. The third kappa shape index (κ3) is 6.26. The van der Waals surface area contributed by atoms with Crippen molar-refractivity contribution in [2.45, 2.75) is 63.4 Å². The average Bonchev–Trinajstić information content (AvgIpc) is 3.17. The summed E-state index contributed by atoms with van der Waals surface area (Å²) in [6, 6.07) is 7.69. The van der Waals surface area contributed by atoms with Crippen molar-refractivity contribution in [2.24, 2.45) is 5.92 Å². The Hall–Kier alpha value is -2.48. The van der Waals surface area contributed by atoms with Gasteiger partial charge in [-0.15, -0.1) is 16.8 Å². The number of carbonyl (C=O) groups is 1. The number of amides is 1. The van der Waals surface area contributed by atoms with Crippen LogP contribution in [-0.2, 0) is 11.3 Å². The van der Waals surface area contributed by atoms with E-state index in [2.05, 4.69) is 29.0 Å². The number of benzene rings is 1. The number of nitrogens with one attached hydrogen (secondary N) is 1. The molecule has 8 heteroatoms. The number of ether oxygens (including phenoxy) is 2. The van der Waals surface area contributed by atoms with E-state index in [1.54, 1.807) is 13.2 Å². The highest BCUT2D eigenvalue weighted by atomic mass is 32.2. The van der Waals surface area contributed by atoms with E-state index in [-0.39, 0.29) is 18.1 Å². The first-order valence-electron chi connectivity index (χ1n) is 10.8. The topological polar surface area (TPSA) is 78.3 Å². The normalized spacial score (nSPS) is 19.5. The zero-order valence-electron chi connectivity index (χ0n) is 18.5. The van der Waals surface area contributed by atoms with E-state index in [4.69, 9.17) is 9.47 Å². The van der Waals surface area contributed by atoms with Crippen LogP contribution in [-0.4, -0.2) is 39.6 Å². The molecule has 1 N–H and O–H groups in total. The molecule has 1 aromatic carbocycles. The van der Waals surface area contributed by atoms with E-state index < -0.39 is 0 Å². The van der Waals surface area contributed by atoms with Gasteiger partial charge < -0.3 is 14.8 Å². The standard InChI is InChI=1S/C23H32N4O3S/c1-5-14-27-22(17(3)30-19-12-10-18(29-4)11-13-19)25-26-23(27)31-15-21(28)24-20-9-7-6-8-16(20)2/h5,10-13,16-17,20H,1,6-9,14-15H2,2-4H3,(H,24,28). The van der Waals surface area contributed by atoms with E-state index in [0.717, 1.165) is 17.9 Å². The molecular weight excluding hydrogens is 412 g/mol. The minimum atomic E-state index is -0.313. The second kappa shape index (κ2) is 11.2. The van der Waals surface area contributed by atoms with E-state index in [0.29, 0.717) is 29.2 Å². The van der Waals surface area contributed by atoms with Gasteiger partial charge in [0.15, 0.2) is 17.1 Å². The molecule has 1 aromatic heterocycles. The molecule has 7 nitrogen and oxygen atoms in total. The van der Waals surface area contributed by atoms with Gasteiger partial charge in [0, 0.05) is 12.6 Å². The summed E-state index contributed by atoms with van der Waals surface area (Å²) in [5, 5.41) is 12.5. The SMILES string of the molecule is C=CCn1c(SCC(=O)NC2CCCCC2C)nnc1C(C)Oc1ccc(OC)cc1. The van der Waals surface area contributed by atoms with Gasteiger partial charge in [0.25, 0.3) is 0 Å². The quantitative estimate of drug-likeness (QED) is 0.432. The lowest BCUT2D eigenvalue weighted by molar-refractivity contribution is -0.119. The number of methoxy groups -OCH3 is 1. The molecule has 1 saturated carbocycles. The molecule has 1 heterocycles. The molecule has 168 valence electrons.